The van der Waals surface area contributed by atoms with Gasteiger partial charge in [0.15, 0.2) is 0 Å². The summed E-state index contributed by atoms with van der Waals surface area (Å²) in [7, 11) is 3.71. The zero-order valence-corrected chi connectivity index (χ0v) is 27.0. The molecule has 1 aliphatic carbocycles. The number of hydrogen-bond donors (Lipinski definition) is 2. The van der Waals surface area contributed by atoms with Crippen molar-refractivity contribution in [3.8, 4) is 0 Å². The SMILES string of the molecule is C=C1c2[nH]c3ccc([C@H]4C[C@H]5/C(=C\C)CN(C)[C@@H](Cc6c4[nH]c4ccccc64)[C@H]5C(=O)OC)cc3c2CN2CC[C@@H]1/C(=C\C)C2. The fraction of sp³-hybridized carbons (Fsp3) is 0.410. The zero-order chi connectivity index (χ0) is 31.0. The number of nitrogens with one attached hydrogen (secondary N) is 2. The Labute approximate surface area is 265 Å². The number of benzene rings is 2. The zero-order valence-electron chi connectivity index (χ0n) is 27.0. The van der Waals surface area contributed by atoms with Gasteiger partial charge in [0.1, 0.15) is 0 Å². The summed E-state index contributed by atoms with van der Waals surface area (Å²) in [6, 6.07) is 15.8. The van der Waals surface area contributed by atoms with Crippen molar-refractivity contribution in [2.45, 2.75) is 51.6 Å². The van der Waals surface area contributed by atoms with Crippen LogP contribution in [0.3, 0.4) is 0 Å². The summed E-state index contributed by atoms with van der Waals surface area (Å²) in [6.45, 7) is 12.9. The Morgan fingerprint density at radius 2 is 1.76 bits per heavy atom. The highest BCUT2D eigenvalue weighted by Gasteiger charge is 2.47. The number of hydrogen-bond acceptors (Lipinski definition) is 4. The van der Waals surface area contributed by atoms with E-state index in [2.05, 4.69) is 102 Å². The second-order valence-electron chi connectivity index (χ2n) is 13.8. The van der Waals surface area contributed by atoms with Crippen LogP contribution in [0, 0.1) is 17.8 Å². The van der Waals surface area contributed by atoms with Crippen LogP contribution in [0.15, 0.2) is 72.3 Å². The van der Waals surface area contributed by atoms with Crippen LogP contribution in [0.25, 0.3) is 27.4 Å². The first-order valence-corrected chi connectivity index (χ1v) is 16.6. The Kier molecular flexibility index (Phi) is 6.92. The maximum atomic E-state index is 13.6. The molecule has 0 radical (unpaired) electrons. The minimum absolute atomic E-state index is 0.0782. The average molecular weight is 601 g/mol. The number of aromatic nitrogens is 2. The van der Waals surface area contributed by atoms with Crippen LogP contribution in [0.5, 0.6) is 0 Å². The fourth-order valence-corrected chi connectivity index (χ4v) is 9.35. The van der Waals surface area contributed by atoms with E-state index in [0.29, 0.717) is 5.92 Å². The van der Waals surface area contributed by atoms with Crippen LogP contribution in [0.4, 0.5) is 0 Å². The quantitative estimate of drug-likeness (QED) is 0.189. The first-order chi connectivity index (χ1) is 21.9. The van der Waals surface area contributed by atoms with Crippen molar-refractivity contribution >= 4 is 33.3 Å². The molecule has 6 heterocycles. The van der Waals surface area contributed by atoms with E-state index in [0.717, 1.165) is 45.4 Å². The van der Waals surface area contributed by atoms with E-state index in [-0.39, 0.29) is 29.8 Å². The molecule has 1 unspecified atom stereocenters. The lowest BCUT2D eigenvalue weighted by Crippen LogP contribution is -2.53. The van der Waals surface area contributed by atoms with Gasteiger partial charge in [-0.1, -0.05) is 54.1 Å². The summed E-state index contributed by atoms with van der Waals surface area (Å²) in [5.74, 6) is 0.319. The van der Waals surface area contributed by atoms with Gasteiger partial charge in [0.2, 0.25) is 0 Å². The molecule has 4 aliphatic heterocycles. The standard InChI is InChI=1S/C39H44N4O2/c1-6-23-19-42(4)35-18-31-27-10-8-9-11-33(27)41-38(31)29(17-28(23)36(35)39(44)45-5)25-12-13-34-30(16-25)32-21-43-15-14-26(24(7-2)20-43)22(3)37(32)40-34/h6-13,16,26,28-29,35-36,40-41H,3,14-15,17-21H2,1-2,4-5H3/b23-6-,24-7-/t26-,28-,29+,35-,36-/m0/s1. The second kappa shape index (κ2) is 10.9. The van der Waals surface area contributed by atoms with Crippen LogP contribution in [-0.4, -0.2) is 65.6 Å². The van der Waals surface area contributed by atoms with Gasteiger partial charge < -0.3 is 14.7 Å². The van der Waals surface area contributed by atoms with Crippen molar-refractivity contribution in [2.75, 3.05) is 33.8 Å². The van der Waals surface area contributed by atoms with Crippen LogP contribution in [0.1, 0.15) is 60.7 Å². The topological polar surface area (TPSA) is 64.4 Å². The number of nitrogens with zero attached hydrogens (tertiary/aromatic N) is 2. The van der Waals surface area contributed by atoms with Crippen molar-refractivity contribution in [3.63, 3.8) is 0 Å². The van der Waals surface area contributed by atoms with E-state index in [1.807, 2.05) is 0 Å². The van der Waals surface area contributed by atoms with E-state index in [1.54, 1.807) is 7.11 Å². The van der Waals surface area contributed by atoms with E-state index in [4.69, 9.17) is 4.74 Å². The van der Waals surface area contributed by atoms with Crippen LogP contribution >= 0.6 is 0 Å². The molecule has 5 aliphatic rings. The highest BCUT2D eigenvalue weighted by molar-refractivity contribution is 5.91. The molecule has 6 heteroatoms. The number of carbonyl (C=O) groups excluding carboxylic acids is 1. The van der Waals surface area contributed by atoms with Gasteiger partial charge in [-0.2, -0.15) is 0 Å². The van der Waals surface area contributed by atoms with E-state index >= 15 is 0 Å². The van der Waals surface area contributed by atoms with Gasteiger partial charge >= 0.3 is 5.97 Å². The molecular formula is C39H44N4O2. The maximum absolute atomic E-state index is 13.6. The van der Waals surface area contributed by atoms with Gasteiger partial charge in [0.05, 0.1) is 13.0 Å². The molecule has 4 bridgehead atoms. The molecular weight excluding hydrogens is 556 g/mol. The Balaban J connectivity index is 1.32. The lowest BCUT2D eigenvalue weighted by Gasteiger charge is -2.46. The lowest BCUT2D eigenvalue weighted by molar-refractivity contribution is -0.151. The molecule has 45 heavy (non-hydrogen) atoms. The monoisotopic (exact) mass is 600 g/mol. The third-order valence-electron chi connectivity index (χ3n) is 11.7. The highest BCUT2D eigenvalue weighted by Crippen LogP contribution is 2.48. The molecule has 6 atom stereocenters. The maximum Gasteiger partial charge on any atom is 0.310 e. The van der Waals surface area contributed by atoms with Gasteiger partial charge in [-0.25, -0.2) is 0 Å². The lowest BCUT2D eigenvalue weighted by atomic mass is 9.67. The molecule has 2 fully saturated rings. The van der Waals surface area contributed by atoms with Crippen LogP contribution in [-0.2, 0) is 22.5 Å². The molecule has 2 aromatic carbocycles. The minimum Gasteiger partial charge on any atom is -0.469 e. The van der Waals surface area contributed by atoms with Crippen LogP contribution < -0.4 is 0 Å². The minimum atomic E-state index is -0.215. The summed E-state index contributed by atoms with van der Waals surface area (Å²) in [5.41, 5.74) is 12.9. The summed E-state index contributed by atoms with van der Waals surface area (Å²) in [5, 5.41) is 2.56. The van der Waals surface area contributed by atoms with E-state index < -0.39 is 0 Å². The summed E-state index contributed by atoms with van der Waals surface area (Å²) < 4.78 is 5.52. The van der Waals surface area contributed by atoms with Crippen LogP contribution in [0.2, 0.25) is 0 Å². The summed E-state index contributed by atoms with van der Waals surface area (Å²) in [4.78, 5) is 26.3. The van der Waals surface area contributed by atoms with Gasteiger partial charge in [-0.15, -0.1) is 0 Å². The van der Waals surface area contributed by atoms with Crippen molar-refractivity contribution < 1.29 is 9.53 Å². The highest BCUT2D eigenvalue weighted by atomic mass is 16.5. The van der Waals surface area contributed by atoms with Gasteiger partial charge in [-0.3, -0.25) is 14.6 Å². The van der Waals surface area contributed by atoms with Gasteiger partial charge in [0, 0.05) is 70.7 Å². The van der Waals surface area contributed by atoms with Crippen molar-refractivity contribution in [1.82, 2.24) is 19.8 Å². The predicted octanol–water partition coefficient (Wildman–Crippen LogP) is 7.19. The number of allylic oxidation sites excluding steroid dienone is 3. The number of piperidine rings is 2. The summed E-state index contributed by atoms with van der Waals surface area (Å²) >= 11 is 0. The van der Waals surface area contributed by atoms with Crippen molar-refractivity contribution in [1.29, 1.82) is 0 Å². The molecule has 6 nitrogen and oxygen atoms in total. The van der Waals surface area contributed by atoms with Gasteiger partial charge in [-0.05, 0) is 93.1 Å². The molecule has 2 N–H and O–H groups in total. The Bertz CT molecular complexity index is 1910. The number of aromatic amines is 2. The normalized spacial score (nSPS) is 30.2. The first-order valence-electron chi connectivity index (χ1n) is 16.6. The fourth-order valence-electron chi connectivity index (χ4n) is 9.35. The largest absolute Gasteiger partial charge is 0.469 e. The Morgan fingerprint density at radius 3 is 2.56 bits per heavy atom. The first kappa shape index (κ1) is 28.6. The summed E-state index contributed by atoms with van der Waals surface area (Å²) in [6.07, 6.45) is 7.34. The van der Waals surface area contributed by atoms with E-state index in [1.165, 1.54) is 66.6 Å². The molecule has 0 saturated carbocycles. The Hall–Kier alpha value is -3.87. The Morgan fingerprint density at radius 1 is 0.956 bits per heavy atom. The average Bonchev–Trinajstić information content (AvgIpc) is 3.59. The molecule has 232 valence electrons. The number of methoxy groups -OCH3 is 1. The van der Waals surface area contributed by atoms with Gasteiger partial charge in [0.25, 0.3) is 0 Å². The molecule has 4 aromatic rings. The number of H-pyrrole nitrogens is 2. The molecule has 2 saturated heterocycles. The molecule has 0 amide bonds. The number of ether oxygens (including phenoxy) is 1. The molecule has 2 aromatic heterocycles. The number of rotatable bonds is 2. The number of likely N-dealkylation sites (tertiary alicyclic amines) is 1. The molecule has 0 spiro atoms. The van der Waals surface area contributed by atoms with Crippen molar-refractivity contribution in [3.05, 3.63) is 100 Å². The molecule has 9 rings (SSSR count). The number of likely N-dealkylation sites (N-methyl/N-ethyl adjacent to an activating group) is 1. The number of para-hydroxylation sites is 1. The third kappa shape index (κ3) is 4.40. The van der Waals surface area contributed by atoms with Crippen molar-refractivity contribution in [2.24, 2.45) is 17.8 Å². The van der Waals surface area contributed by atoms with E-state index in [9.17, 15) is 4.79 Å². The number of carbonyl (C=O) groups is 1. The smallest absolute Gasteiger partial charge is 0.310 e. The number of fused-ring (bicyclic) bond motifs is 8. The number of esters is 1. The second-order valence-corrected chi connectivity index (χ2v) is 13.8. The predicted molar refractivity (Wildman–Crippen MR) is 182 cm³/mol. The third-order valence-corrected chi connectivity index (χ3v) is 11.7.